The first-order chi connectivity index (χ1) is 42.1. The lowest BCUT2D eigenvalue weighted by atomic mass is 9.78. The lowest BCUT2D eigenvalue weighted by Crippen LogP contribution is -2.18. The number of aliphatic hydroxyl groups excluding tert-OH is 2. The third-order valence-electron chi connectivity index (χ3n) is 14.9. The second kappa shape index (κ2) is 37.2. The van der Waals surface area contributed by atoms with Gasteiger partial charge in [-0.15, -0.1) is 0 Å². The Kier molecular flexibility index (Phi) is 34.7. The predicted octanol–water partition coefficient (Wildman–Crippen LogP) is 15.0. The van der Waals surface area contributed by atoms with Crippen LogP contribution in [0.15, 0.2) is 48.5 Å². The Balaban J connectivity index is 0.00000115. The number of aliphatic carboxylic acids is 4. The van der Waals surface area contributed by atoms with Gasteiger partial charge >= 0.3 is 23.9 Å². The standard InChI is InChI=1S/4C17H26O3.C8H18O5/c4*1-16(2,3)12-9-11(7-8-14(18)19)10-13(15(12)20)17(4,5)6;9-1-3-11-5-7-13-8-6-12-4-2-10/h4*9-10,20H,7-8H2,1-6H3,(H,18,19);9-10H,1-8H2. The van der Waals surface area contributed by atoms with E-state index in [2.05, 4.69) is 166 Å². The number of aliphatic hydroxyl groups is 2. The number of phenols is 4. The predicted molar refractivity (Wildman–Crippen MR) is 372 cm³/mol. The van der Waals surface area contributed by atoms with Gasteiger partial charge in [0.05, 0.1) is 52.9 Å². The summed E-state index contributed by atoms with van der Waals surface area (Å²) in [6.45, 7) is 52.0. The number of ether oxygens (including phenoxy) is 3. The molecule has 0 radical (unpaired) electrons. The van der Waals surface area contributed by atoms with Gasteiger partial charge in [0.2, 0.25) is 0 Å². The fraction of sp³-hybridized carbons (Fsp3) is 0.632. The average Bonchev–Trinajstić information content (AvgIpc) is 0.820. The normalized spacial score (nSPS) is 12.2. The molecule has 17 nitrogen and oxygen atoms in total. The number of hydrogen-bond donors (Lipinski definition) is 10. The summed E-state index contributed by atoms with van der Waals surface area (Å²) in [4.78, 5) is 43.0. The summed E-state index contributed by atoms with van der Waals surface area (Å²) in [5.74, 6) is -1.85. The van der Waals surface area contributed by atoms with Crippen LogP contribution in [0.25, 0.3) is 0 Å². The molecule has 0 amide bonds. The molecular formula is C76H122O17. The average molecular weight is 1310 g/mol. The van der Waals surface area contributed by atoms with Crippen LogP contribution in [0.4, 0.5) is 0 Å². The molecule has 4 aromatic rings. The van der Waals surface area contributed by atoms with Gasteiger partial charge in [0.15, 0.2) is 0 Å². The van der Waals surface area contributed by atoms with E-state index in [0.717, 1.165) is 66.8 Å². The van der Waals surface area contributed by atoms with Crippen LogP contribution in [-0.2, 0) is 102 Å². The molecule has 93 heavy (non-hydrogen) atoms. The molecule has 0 atom stereocenters. The van der Waals surface area contributed by atoms with E-state index in [4.69, 9.17) is 44.8 Å². The molecule has 528 valence electrons. The zero-order valence-corrected chi connectivity index (χ0v) is 61.3. The van der Waals surface area contributed by atoms with Crippen LogP contribution < -0.4 is 0 Å². The first-order valence-corrected chi connectivity index (χ1v) is 32.4. The highest BCUT2D eigenvalue weighted by molar-refractivity contribution is 5.69. The largest absolute Gasteiger partial charge is 0.507 e. The summed E-state index contributed by atoms with van der Waals surface area (Å²) in [6.07, 6.45) is 2.39. The van der Waals surface area contributed by atoms with Crippen molar-refractivity contribution in [1.29, 1.82) is 0 Å². The lowest BCUT2D eigenvalue weighted by molar-refractivity contribution is -0.138. The molecule has 4 rings (SSSR count). The molecule has 0 unspecified atom stereocenters. The van der Waals surface area contributed by atoms with Gasteiger partial charge in [0.25, 0.3) is 0 Å². The monoisotopic (exact) mass is 1310 g/mol. The number of carboxylic acid groups (broad SMARTS) is 4. The van der Waals surface area contributed by atoms with Crippen LogP contribution in [0.2, 0.25) is 0 Å². The maximum atomic E-state index is 10.8. The van der Waals surface area contributed by atoms with Gasteiger partial charge in [-0.3, -0.25) is 19.2 Å². The van der Waals surface area contributed by atoms with Crippen molar-refractivity contribution in [3.63, 3.8) is 0 Å². The summed E-state index contributed by atoms with van der Waals surface area (Å²) < 4.78 is 15.0. The minimum atomic E-state index is -0.798. The molecule has 0 aromatic heterocycles. The molecule has 10 N–H and O–H groups in total. The first-order valence-electron chi connectivity index (χ1n) is 32.4. The van der Waals surface area contributed by atoms with E-state index in [-0.39, 0.29) is 82.2 Å². The molecule has 0 saturated carbocycles. The van der Waals surface area contributed by atoms with Crippen molar-refractivity contribution in [2.45, 2.75) is 261 Å². The van der Waals surface area contributed by atoms with E-state index in [0.29, 0.717) is 88.3 Å². The summed E-state index contributed by atoms with van der Waals surface area (Å²) in [5, 5.41) is 94.2. The molecule has 0 fully saturated rings. The van der Waals surface area contributed by atoms with Crippen molar-refractivity contribution in [3.05, 3.63) is 115 Å². The molecule has 0 bridgehead atoms. The topological polar surface area (TPSA) is 298 Å². The Morgan fingerprint density at radius 1 is 0.269 bits per heavy atom. The fourth-order valence-electron chi connectivity index (χ4n) is 9.60. The van der Waals surface area contributed by atoms with Gasteiger partial charge in [0, 0.05) is 25.7 Å². The van der Waals surface area contributed by atoms with Crippen LogP contribution in [0.1, 0.15) is 259 Å². The number of benzene rings is 4. The molecule has 17 heteroatoms. The highest BCUT2D eigenvalue weighted by Gasteiger charge is 2.31. The number of hydrogen-bond acceptors (Lipinski definition) is 13. The number of rotatable bonds is 22. The van der Waals surface area contributed by atoms with E-state index in [9.17, 15) is 39.6 Å². The Hall–Kier alpha value is -6.24. The second-order valence-electron chi connectivity index (χ2n) is 32.0. The Morgan fingerprint density at radius 3 is 0.505 bits per heavy atom. The Bertz CT molecular complexity index is 2450. The first kappa shape index (κ1) is 86.8. The van der Waals surface area contributed by atoms with Gasteiger partial charge in [-0.1, -0.05) is 215 Å². The second-order valence-corrected chi connectivity index (χ2v) is 32.0. The lowest BCUT2D eigenvalue weighted by Gasteiger charge is -2.28. The molecular weight excluding hydrogens is 1180 g/mol. The number of phenolic OH excluding ortho intramolecular Hbond substituents is 4. The van der Waals surface area contributed by atoms with E-state index in [1.54, 1.807) is 0 Å². The van der Waals surface area contributed by atoms with Gasteiger partial charge in [-0.2, -0.15) is 0 Å². The van der Waals surface area contributed by atoms with Crippen molar-refractivity contribution < 1.29 is 84.5 Å². The smallest absolute Gasteiger partial charge is 0.303 e. The zero-order valence-electron chi connectivity index (χ0n) is 61.3. The van der Waals surface area contributed by atoms with Gasteiger partial charge in [-0.25, -0.2) is 0 Å². The van der Waals surface area contributed by atoms with E-state index in [1.165, 1.54) is 0 Å². The van der Waals surface area contributed by atoms with Crippen molar-refractivity contribution in [2.75, 3.05) is 52.9 Å². The zero-order chi connectivity index (χ0) is 72.6. The third-order valence-corrected chi connectivity index (χ3v) is 14.9. The minimum absolute atomic E-state index is 0.0413. The molecule has 4 aromatic carbocycles. The molecule has 0 spiro atoms. The fourth-order valence-corrected chi connectivity index (χ4v) is 9.60. The van der Waals surface area contributed by atoms with E-state index in [1.807, 2.05) is 48.5 Å². The van der Waals surface area contributed by atoms with Crippen molar-refractivity contribution in [3.8, 4) is 23.0 Å². The molecule has 0 aliphatic carbocycles. The Morgan fingerprint density at radius 2 is 0.398 bits per heavy atom. The third kappa shape index (κ3) is 32.6. The maximum Gasteiger partial charge on any atom is 0.303 e. The van der Waals surface area contributed by atoms with E-state index < -0.39 is 23.9 Å². The SMILES string of the molecule is CC(C)(C)c1cc(CCC(=O)O)cc(C(C)(C)C)c1O.CC(C)(C)c1cc(CCC(=O)O)cc(C(C)(C)C)c1O.CC(C)(C)c1cc(CCC(=O)O)cc(C(C)(C)C)c1O.CC(C)(C)c1cc(CCC(=O)O)cc(C(C)(C)C)c1O.OCCOCCOCCOCCO. The van der Waals surface area contributed by atoms with Crippen molar-refractivity contribution in [1.82, 2.24) is 0 Å². The highest BCUT2D eigenvalue weighted by Crippen LogP contribution is 2.44. The molecule has 0 saturated heterocycles. The maximum absolute atomic E-state index is 10.8. The van der Waals surface area contributed by atoms with E-state index >= 15 is 0 Å². The number of aromatic hydroxyl groups is 4. The van der Waals surface area contributed by atoms with Crippen LogP contribution >= 0.6 is 0 Å². The summed E-state index contributed by atoms with van der Waals surface area (Å²) in [5.41, 5.74) is 9.51. The van der Waals surface area contributed by atoms with Crippen molar-refractivity contribution >= 4 is 23.9 Å². The van der Waals surface area contributed by atoms with Crippen molar-refractivity contribution in [2.24, 2.45) is 0 Å². The van der Waals surface area contributed by atoms with Gasteiger partial charge in [-0.05, 0) is 136 Å². The summed E-state index contributed by atoms with van der Waals surface area (Å²) in [7, 11) is 0. The number of carbonyl (C=O) groups is 4. The van der Waals surface area contributed by atoms with Gasteiger partial charge in [0.1, 0.15) is 23.0 Å². The van der Waals surface area contributed by atoms with Crippen LogP contribution in [0.5, 0.6) is 23.0 Å². The highest BCUT2D eigenvalue weighted by atomic mass is 16.5. The molecule has 0 aliphatic rings. The summed E-state index contributed by atoms with van der Waals surface area (Å²) in [6, 6.07) is 15.5. The van der Waals surface area contributed by atoms with Crippen LogP contribution in [0, 0.1) is 0 Å². The van der Waals surface area contributed by atoms with Gasteiger partial charge < -0.3 is 65.3 Å². The molecule has 0 aliphatic heterocycles. The minimum Gasteiger partial charge on any atom is -0.507 e. The number of carboxylic acids is 4. The molecule has 0 heterocycles. The Labute approximate surface area is 558 Å². The summed E-state index contributed by atoms with van der Waals surface area (Å²) >= 11 is 0. The number of aryl methyl sites for hydroxylation is 4. The quantitative estimate of drug-likeness (QED) is 0.0327. The van der Waals surface area contributed by atoms with Crippen LogP contribution in [-0.4, -0.2) is 128 Å². The van der Waals surface area contributed by atoms with Crippen LogP contribution in [0.3, 0.4) is 0 Å².